The van der Waals surface area contributed by atoms with Gasteiger partial charge in [0.1, 0.15) is 23.3 Å². The van der Waals surface area contributed by atoms with Crippen molar-refractivity contribution in [1.29, 1.82) is 5.26 Å². The van der Waals surface area contributed by atoms with Gasteiger partial charge < -0.3 is 20.3 Å². The second kappa shape index (κ2) is 10.8. The molecule has 1 aromatic heterocycles. The van der Waals surface area contributed by atoms with Crippen LogP contribution in [0.25, 0.3) is 10.9 Å². The van der Waals surface area contributed by atoms with Gasteiger partial charge in [-0.2, -0.15) is 5.26 Å². The number of likely N-dealkylation sites (N-methyl/N-ethyl adjacent to an activating group) is 1. The maximum atomic E-state index is 13.6. The highest BCUT2D eigenvalue weighted by Gasteiger charge is 2.14. The molecule has 0 saturated heterocycles. The van der Waals surface area contributed by atoms with E-state index in [1.165, 1.54) is 24.3 Å². The lowest BCUT2D eigenvalue weighted by Gasteiger charge is -2.15. The number of ether oxygens (including phenoxy) is 1. The molecular formula is C24H23ClFN5O2. The van der Waals surface area contributed by atoms with Crippen LogP contribution in [-0.4, -0.2) is 43.0 Å². The van der Waals surface area contributed by atoms with Crippen LogP contribution >= 0.6 is 11.6 Å². The van der Waals surface area contributed by atoms with Gasteiger partial charge in [-0.3, -0.25) is 4.79 Å². The maximum Gasteiger partial charge on any atom is 0.248 e. The number of halogens is 2. The molecule has 0 aliphatic heterocycles. The van der Waals surface area contributed by atoms with Crippen molar-refractivity contribution in [2.45, 2.75) is 6.92 Å². The number of aromatic nitrogens is 1. The van der Waals surface area contributed by atoms with Gasteiger partial charge in [0.15, 0.2) is 0 Å². The van der Waals surface area contributed by atoms with Gasteiger partial charge in [-0.05, 0) is 51.4 Å². The summed E-state index contributed by atoms with van der Waals surface area (Å²) >= 11 is 5.90. The van der Waals surface area contributed by atoms with E-state index in [-0.39, 0.29) is 16.6 Å². The van der Waals surface area contributed by atoms with Gasteiger partial charge in [0.2, 0.25) is 5.91 Å². The van der Waals surface area contributed by atoms with Crippen molar-refractivity contribution < 1.29 is 13.9 Å². The number of anilines is 3. The average molecular weight is 468 g/mol. The summed E-state index contributed by atoms with van der Waals surface area (Å²) in [4.78, 5) is 18.7. The fourth-order valence-corrected chi connectivity index (χ4v) is 3.24. The maximum absolute atomic E-state index is 13.6. The number of nitriles is 1. The minimum Gasteiger partial charge on any atom is -0.492 e. The molecular weight excluding hydrogens is 445 g/mol. The van der Waals surface area contributed by atoms with Crippen molar-refractivity contribution in [3.63, 3.8) is 0 Å². The van der Waals surface area contributed by atoms with E-state index >= 15 is 0 Å². The SMILES string of the molecule is CCOc1cc2nc(C#N)cc(Nc3ccc(F)c(Cl)c3)c2cc1NC(=O)C=CCN(C)C. The minimum atomic E-state index is -0.534. The van der Waals surface area contributed by atoms with Crippen LogP contribution in [-0.2, 0) is 4.79 Å². The molecule has 3 rings (SSSR count). The number of amides is 1. The predicted molar refractivity (Wildman–Crippen MR) is 129 cm³/mol. The van der Waals surface area contributed by atoms with E-state index in [4.69, 9.17) is 16.3 Å². The van der Waals surface area contributed by atoms with Gasteiger partial charge in [0, 0.05) is 29.8 Å². The molecule has 1 heterocycles. The van der Waals surface area contributed by atoms with Crippen LogP contribution in [0.5, 0.6) is 5.75 Å². The molecule has 1 amide bonds. The van der Waals surface area contributed by atoms with Crippen molar-refractivity contribution in [1.82, 2.24) is 9.88 Å². The zero-order valence-corrected chi connectivity index (χ0v) is 19.2. The Labute approximate surface area is 196 Å². The van der Waals surface area contributed by atoms with Crippen molar-refractivity contribution in [2.75, 3.05) is 37.9 Å². The number of carbonyl (C=O) groups excluding carboxylic acids is 1. The average Bonchev–Trinajstić information content (AvgIpc) is 2.76. The molecule has 2 aromatic carbocycles. The Kier molecular flexibility index (Phi) is 7.83. The molecule has 0 bridgehead atoms. The zero-order valence-electron chi connectivity index (χ0n) is 18.4. The van der Waals surface area contributed by atoms with Crippen LogP contribution in [0, 0.1) is 17.1 Å². The Balaban J connectivity index is 2.05. The van der Waals surface area contributed by atoms with E-state index in [0.29, 0.717) is 46.9 Å². The first-order valence-corrected chi connectivity index (χ1v) is 10.5. The Morgan fingerprint density at radius 3 is 2.73 bits per heavy atom. The van der Waals surface area contributed by atoms with Crippen LogP contribution in [0.1, 0.15) is 12.6 Å². The van der Waals surface area contributed by atoms with Gasteiger partial charge in [-0.15, -0.1) is 0 Å². The van der Waals surface area contributed by atoms with E-state index in [1.54, 1.807) is 24.3 Å². The highest BCUT2D eigenvalue weighted by Crippen LogP contribution is 2.35. The van der Waals surface area contributed by atoms with Crippen molar-refractivity contribution in [3.05, 3.63) is 65.1 Å². The van der Waals surface area contributed by atoms with Crippen molar-refractivity contribution in [2.24, 2.45) is 0 Å². The summed E-state index contributed by atoms with van der Waals surface area (Å²) in [5.41, 5.74) is 2.21. The van der Waals surface area contributed by atoms with Crippen molar-refractivity contribution >= 4 is 45.5 Å². The molecule has 0 spiro atoms. The van der Waals surface area contributed by atoms with Crippen LogP contribution in [0.3, 0.4) is 0 Å². The monoisotopic (exact) mass is 467 g/mol. The highest BCUT2D eigenvalue weighted by molar-refractivity contribution is 6.31. The zero-order chi connectivity index (χ0) is 24.0. The number of nitrogens with zero attached hydrogens (tertiary/aromatic N) is 3. The van der Waals surface area contributed by atoms with E-state index in [2.05, 4.69) is 15.6 Å². The molecule has 33 heavy (non-hydrogen) atoms. The van der Waals surface area contributed by atoms with E-state index in [1.807, 2.05) is 32.0 Å². The first-order valence-electron chi connectivity index (χ1n) is 10.2. The molecule has 3 aromatic rings. The third kappa shape index (κ3) is 6.19. The van der Waals surface area contributed by atoms with Crippen LogP contribution < -0.4 is 15.4 Å². The van der Waals surface area contributed by atoms with E-state index in [0.717, 1.165) is 0 Å². The predicted octanol–water partition coefficient (Wildman–Crippen LogP) is 5.10. The molecule has 2 N–H and O–H groups in total. The topological polar surface area (TPSA) is 90.3 Å². The molecule has 0 radical (unpaired) electrons. The first kappa shape index (κ1) is 24.0. The summed E-state index contributed by atoms with van der Waals surface area (Å²) < 4.78 is 19.3. The van der Waals surface area contributed by atoms with Crippen LogP contribution in [0.4, 0.5) is 21.5 Å². The molecule has 0 atom stereocenters. The molecule has 0 aliphatic rings. The number of pyridine rings is 1. The summed E-state index contributed by atoms with van der Waals surface area (Å²) in [6, 6.07) is 11.2. The molecule has 0 saturated carbocycles. The minimum absolute atomic E-state index is 0.0324. The quantitative estimate of drug-likeness (QED) is 0.448. The lowest BCUT2D eigenvalue weighted by Crippen LogP contribution is -2.13. The largest absolute Gasteiger partial charge is 0.492 e. The fourth-order valence-electron chi connectivity index (χ4n) is 3.06. The standard InChI is InChI=1S/C24H23ClFN5O2/c1-4-33-23-13-21-17(12-22(23)30-24(32)6-5-9-31(2)3)20(11-16(14-27)29-21)28-15-7-8-19(26)18(25)10-15/h5-8,10-13H,4,9H2,1-3H3,(H,28,29)(H,30,32). The molecule has 170 valence electrons. The third-order valence-corrected chi connectivity index (χ3v) is 4.81. The number of rotatable bonds is 8. The van der Waals surface area contributed by atoms with Gasteiger partial charge in [-0.1, -0.05) is 17.7 Å². The van der Waals surface area contributed by atoms with E-state index in [9.17, 15) is 14.4 Å². The van der Waals surface area contributed by atoms with Gasteiger partial charge >= 0.3 is 0 Å². The smallest absolute Gasteiger partial charge is 0.248 e. The molecule has 0 fully saturated rings. The summed E-state index contributed by atoms with van der Waals surface area (Å²) in [6.45, 7) is 2.83. The van der Waals surface area contributed by atoms with Crippen molar-refractivity contribution in [3.8, 4) is 11.8 Å². The molecule has 0 aliphatic carbocycles. The van der Waals surface area contributed by atoms with E-state index < -0.39 is 5.82 Å². The highest BCUT2D eigenvalue weighted by atomic mass is 35.5. The lowest BCUT2D eigenvalue weighted by atomic mass is 10.1. The Morgan fingerprint density at radius 2 is 2.06 bits per heavy atom. The Hall–Kier alpha value is -3.67. The van der Waals surface area contributed by atoms with Crippen LogP contribution in [0.15, 0.2) is 48.6 Å². The normalized spacial score (nSPS) is 11.1. The number of nitrogens with one attached hydrogen (secondary N) is 2. The lowest BCUT2D eigenvalue weighted by molar-refractivity contribution is -0.111. The molecule has 0 unspecified atom stereocenters. The number of hydrogen-bond donors (Lipinski definition) is 2. The fraction of sp³-hybridized carbons (Fsp3) is 0.208. The Bertz CT molecular complexity index is 1250. The summed E-state index contributed by atoms with van der Waals surface area (Å²) in [6.07, 6.45) is 3.21. The Morgan fingerprint density at radius 1 is 1.27 bits per heavy atom. The number of benzene rings is 2. The first-order chi connectivity index (χ1) is 15.8. The summed E-state index contributed by atoms with van der Waals surface area (Å²) in [5, 5.41) is 16.0. The molecule has 7 nitrogen and oxygen atoms in total. The summed E-state index contributed by atoms with van der Waals surface area (Å²) in [7, 11) is 3.81. The number of fused-ring (bicyclic) bond motifs is 1. The summed E-state index contributed by atoms with van der Waals surface area (Å²) in [5.74, 6) is -0.412. The molecule has 9 heteroatoms. The second-order valence-electron chi connectivity index (χ2n) is 7.37. The van der Waals surface area contributed by atoms with Gasteiger partial charge in [0.05, 0.1) is 28.5 Å². The van der Waals surface area contributed by atoms with Gasteiger partial charge in [0.25, 0.3) is 0 Å². The number of hydrogen-bond acceptors (Lipinski definition) is 6. The third-order valence-electron chi connectivity index (χ3n) is 4.52. The number of carbonyl (C=O) groups is 1. The van der Waals surface area contributed by atoms with Gasteiger partial charge in [-0.25, -0.2) is 9.37 Å². The van der Waals surface area contributed by atoms with Crippen LogP contribution in [0.2, 0.25) is 5.02 Å². The second-order valence-corrected chi connectivity index (χ2v) is 7.78.